The number of amides is 1. The normalized spacial score (nSPS) is 27.3. The van der Waals surface area contributed by atoms with Crippen molar-refractivity contribution in [1.82, 2.24) is 4.90 Å². The fraction of sp³-hybridized carbons (Fsp3) is 0.435. The first-order chi connectivity index (χ1) is 13.8. The van der Waals surface area contributed by atoms with Crippen LogP contribution in [-0.2, 0) is 15.4 Å². The van der Waals surface area contributed by atoms with Crippen LogP contribution in [0.5, 0.6) is 0 Å². The number of carbonyl (C=O) groups is 1. The molecule has 0 aromatic heterocycles. The molecule has 0 spiro atoms. The van der Waals surface area contributed by atoms with E-state index < -0.39 is 15.4 Å². The maximum absolute atomic E-state index is 13.3. The Bertz CT molecular complexity index is 987. The molecule has 1 aliphatic heterocycles. The summed E-state index contributed by atoms with van der Waals surface area (Å²) in [5.41, 5.74) is 0.511. The lowest BCUT2D eigenvalue weighted by Gasteiger charge is -2.52. The van der Waals surface area contributed by atoms with Gasteiger partial charge in [0.05, 0.1) is 10.5 Å². The van der Waals surface area contributed by atoms with Crippen molar-refractivity contribution >= 4 is 15.7 Å². The summed E-state index contributed by atoms with van der Waals surface area (Å²) in [5.74, 6) is -0.0799. The molecule has 0 radical (unpaired) electrons. The molecular weight excluding hydrogens is 386 g/mol. The zero-order valence-corrected chi connectivity index (χ0v) is 17.4. The number of rotatable bonds is 3. The van der Waals surface area contributed by atoms with Gasteiger partial charge in [-0.05, 0) is 49.1 Å². The Morgan fingerprint density at radius 3 is 2.34 bits per heavy atom. The minimum atomic E-state index is -3.29. The van der Waals surface area contributed by atoms with Gasteiger partial charge in [0.15, 0.2) is 9.84 Å². The first-order valence-electron chi connectivity index (χ1n) is 10.2. The average Bonchev–Trinajstić information content (AvgIpc) is 2.74. The average molecular weight is 414 g/mol. The predicted molar refractivity (Wildman–Crippen MR) is 111 cm³/mol. The molecule has 2 aromatic carbocycles. The van der Waals surface area contributed by atoms with Gasteiger partial charge >= 0.3 is 0 Å². The minimum absolute atomic E-state index is 0.00615. The maximum Gasteiger partial charge on any atom is 0.254 e. The molecule has 154 valence electrons. The van der Waals surface area contributed by atoms with E-state index in [4.69, 9.17) is 0 Å². The van der Waals surface area contributed by atoms with Crippen LogP contribution in [0.4, 0.5) is 0 Å². The van der Waals surface area contributed by atoms with E-state index in [0.717, 1.165) is 37.5 Å². The Morgan fingerprint density at radius 2 is 1.69 bits per heavy atom. The second kappa shape index (κ2) is 7.58. The van der Waals surface area contributed by atoms with Gasteiger partial charge in [-0.25, -0.2) is 8.42 Å². The smallest absolute Gasteiger partial charge is 0.254 e. The number of aliphatic hydroxyl groups is 1. The highest BCUT2D eigenvalue weighted by Gasteiger charge is 2.50. The van der Waals surface area contributed by atoms with Crippen molar-refractivity contribution in [3.8, 4) is 0 Å². The van der Waals surface area contributed by atoms with Crippen LogP contribution in [0.25, 0.3) is 0 Å². The Balaban J connectivity index is 1.62. The molecule has 2 fully saturated rings. The second-order valence-corrected chi connectivity index (χ2v) is 10.3. The van der Waals surface area contributed by atoms with Crippen LogP contribution >= 0.6 is 0 Å². The molecule has 6 heteroatoms. The van der Waals surface area contributed by atoms with Gasteiger partial charge in [0.1, 0.15) is 0 Å². The van der Waals surface area contributed by atoms with Crippen molar-refractivity contribution < 1.29 is 18.3 Å². The lowest BCUT2D eigenvalue weighted by atomic mass is 9.66. The lowest BCUT2D eigenvalue weighted by Crippen LogP contribution is -2.58. The Kier molecular flexibility index (Phi) is 5.25. The third-order valence-corrected chi connectivity index (χ3v) is 7.67. The summed E-state index contributed by atoms with van der Waals surface area (Å²) in [4.78, 5) is 15.4. The zero-order chi connectivity index (χ0) is 20.6. The molecule has 1 aliphatic carbocycles. The van der Waals surface area contributed by atoms with Gasteiger partial charge in [0.25, 0.3) is 5.91 Å². The number of likely N-dealkylation sites (tertiary alicyclic amines) is 1. The van der Waals surface area contributed by atoms with Crippen LogP contribution < -0.4 is 0 Å². The third-order valence-electron chi connectivity index (χ3n) is 6.54. The molecule has 3 atom stereocenters. The standard InChI is InChI=1S/C23H27NO4S/c1-29(27,28)19-13-11-17(12-14-19)22(25)24-16-15-23(26,18-7-3-2-4-8-18)20-9-5-6-10-21(20)24/h2-4,7-8,11-14,20-21,26H,5-6,9-10,15-16H2,1H3/t20-,21-,23?/m0/s1. The van der Waals surface area contributed by atoms with Crippen molar-refractivity contribution in [3.63, 3.8) is 0 Å². The number of hydrogen-bond acceptors (Lipinski definition) is 4. The van der Waals surface area contributed by atoms with Crippen molar-refractivity contribution in [3.05, 3.63) is 65.7 Å². The summed E-state index contributed by atoms with van der Waals surface area (Å²) < 4.78 is 23.4. The largest absolute Gasteiger partial charge is 0.385 e. The molecule has 29 heavy (non-hydrogen) atoms. The maximum atomic E-state index is 13.3. The summed E-state index contributed by atoms with van der Waals surface area (Å²) in [7, 11) is -3.29. The third kappa shape index (κ3) is 3.71. The van der Waals surface area contributed by atoms with Crippen LogP contribution in [0.15, 0.2) is 59.5 Å². The summed E-state index contributed by atoms with van der Waals surface area (Å²) in [6.07, 6.45) is 5.54. The van der Waals surface area contributed by atoms with Crippen LogP contribution in [-0.4, -0.2) is 43.2 Å². The highest BCUT2D eigenvalue weighted by molar-refractivity contribution is 7.90. The monoisotopic (exact) mass is 413 g/mol. The van der Waals surface area contributed by atoms with Gasteiger partial charge < -0.3 is 10.0 Å². The van der Waals surface area contributed by atoms with Gasteiger partial charge in [-0.15, -0.1) is 0 Å². The number of fused-ring (bicyclic) bond motifs is 1. The van der Waals surface area contributed by atoms with E-state index in [0.29, 0.717) is 18.5 Å². The molecule has 0 bridgehead atoms. The van der Waals surface area contributed by atoms with E-state index in [2.05, 4.69) is 0 Å². The first-order valence-corrected chi connectivity index (χ1v) is 12.1. The van der Waals surface area contributed by atoms with Gasteiger partial charge in [0.2, 0.25) is 0 Å². The summed E-state index contributed by atoms with van der Waals surface area (Å²) in [5, 5.41) is 11.6. The van der Waals surface area contributed by atoms with E-state index in [1.165, 1.54) is 12.1 Å². The highest BCUT2D eigenvalue weighted by Crippen LogP contribution is 2.47. The Morgan fingerprint density at radius 1 is 1.03 bits per heavy atom. The van der Waals surface area contributed by atoms with E-state index in [1.54, 1.807) is 12.1 Å². The number of benzene rings is 2. The van der Waals surface area contributed by atoms with Gasteiger partial charge in [0, 0.05) is 30.3 Å². The first kappa shape index (κ1) is 20.1. The van der Waals surface area contributed by atoms with Crippen molar-refractivity contribution in [2.75, 3.05) is 12.8 Å². The van der Waals surface area contributed by atoms with E-state index in [9.17, 15) is 18.3 Å². The van der Waals surface area contributed by atoms with Gasteiger partial charge in [-0.3, -0.25) is 4.79 Å². The van der Waals surface area contributed by atoms with E-state index >= 15 is 0 Å². The number of nitrogens with zero attached hydrogens (tertiary/aromatic N) is 1. The van der Waals surface area contributed by atoms with Crippen molar-refractivity contribution in [1.29, 1.82) is 0 Å². The minimum Gasteiger partial charge on any atom is -0.385 e. The summed E-state index contributed by atoms with van der Waals surface area (Å²) >= 11 is 0. The lowest BCUT2D eigenvalue weighted by molar-refractivity contribution is -0.110. The van der Waals surface area contributed by atoms with Crippen molar-refractivity contribution in [2.45, 2.75) is 48.6 Å². The number of carbonyl (C=O) groups excluding carboxylic acids is 1. The number of sulfone groups is 1. The number of hydrogen-bond donors (Lipinski definition) is 1. The quantitative estimate of drug-likeness (QED) is 0.837. The van der Waals surface area contributed by atoms with Crippen LogP contribution in [0.1, 0.15) is 48.0 Å². The topological polar surface area (TPSA) is 74.7 Å². The van der Waals surface area contributed by atoms with E-state index in [-0.39, 0.29) is 22.8 Å². The molecule has 4 rings (SSSR count). The van der Waals surface area contributed by atoms with Gasteiger partial charge in [-0.2, -0.15) is 0 Å². The highest BCUT2D eigenvalue weighted by atomic mass is 32.2. The van der Waals surface area contributed by atoms with Crippen molar-refractivity contribution in [2.24, 2.45) is 5.92 Å². The molecule has 1 heterocycles. The zero-order valence-electron chi connectivity index (χ0n) is 16.6. The van der Waals surface area contributed by atoms with Crippen LogP contribution in [0, 0.1) is 5.92 Å². The molecule has 5 nitrogen and oxygen atoms in total. The molecule has 1 saturated carbocycles. The molecule has 2 aliphatic rings. The predicted octanol–water partition coefficient (Wildman–Crippen LogP) is 3.38. The van der Waals surface area contributed by atoms with Crippen LogP contribution in [0.2, 0.25) is 0 Å². The molecule has 1 N–H and O–H groups in total. The molecule has 2 aromatic rings. The SMILES string of the molecule is CS(=O)(=O)c1ccc(C(=O)N2CCC(O)(c3ccccc3)[C@H]3CCCC[C@@H]32)cc1. The second-order valence-electron chi connectivity index (χ2n) is 8.29. The molecule has 1 saturated heterocycles. The number of piperidine rings is 1. The summed E-state index contributed by atoms with van der Waals surface area (Å²) in [6, 6.07) is 16.0. The molecular formula is C23H27NO4S. The molecule has 1 unspecified atom stereocenters. The fourth-order valence-corrected chi connectivity index (χ4v) is 5.66. The molecule has 1 amide bonds. The van der Waals surface area contributed by atoms with Crippen LogP contribution in [0.3, 0.4) is 0 Å². The Hall–Kier alpha value is -2.18. The fourth-order valence-electron chi connectivity index (χ4n) is 5.03. The Labute approximate surface area is 172 Å². The van der Waals surface area contributed by atoms with E-state index in [1.807, 2.05) is 35.2 Å². The summed E-state index contributed by atoms with van der Waals surface area (Å²) in [6.45, 7) is 0.485. The van der Waals surface area contributed by atoms with Gasteiger partial charge in [-0.1, -0.05) is 43.2 Å².